The molecule has 0 saturated carbocycles. The number of benzene rings is 2. The third-order valence-electron chi connectivity index (χ3n) is 3.62. The van der Waals surface area contributed by atoms with Crippen LogP contribution in [0, 0.1) is 6.92 Å². The van der Waals surface area contributed by atoms with Gasteiger partial charge in [-0.3, -0.25) is 4.79 Å². The first kappa shape index (κ1) is 17.1. The quantitative estimate of drug-likeness (QED) is 0.677. The molecular weight excluding hydrogens is 380 g/mol. The van der Waals surface area contributed by atoms with Gasteiger partial charge in [0.1, 0.15) is 0 Å². The van der Waals surface area contributed by atoms with Crippen molar-refractivity contribution in [3.8, 4) is 0 Å². The van der Waals surface area contributed by atoms with E-state index in [2.05, 4.69) is 36.5 Å². The van der Waals surface area contributed by atoms with Gasteiger partial charge in [0.05, 0.1) is 5.56 Å². The Morgan fingerprint density at radius 1 is 1.08 bits per heavy atom. The van der Waals surface area contributed by atoms with Crippen LogP contribution in [-0.2, 0) is 6.54 Å². The summed E-state index contributed by atoms with van der Waals surface area (Å²) in [5.74, 6) is 0.247. The van der Waals surface area contributed by atoms with Crippen LogP contribution in [0.5, 0.6) is 0 Å². The van der Waals surface area contributed by atoms with E-state index in [0.717, 1.165) is 21.3 Å². The predicted octanol–water partition coefficient (Wildman–Crippen LogP) is 4.22. The molecule has 0 spiro atoms. The first-order chi connectivity index (χ1) is 12.1. The van der Waals surface area contributed by atoms with Gasteiger partial charge in [-0.2, -0.15) is 0 Å². The van der Waals surface area contributed by atoms with Gasteiger partial charge >= 0.3 is 0 Å². The molecule has 5 nitrogen and oxygen atoms in total. The molecule has 0 aliphatic heterocycles. The molecule has 3 aromatic rings. The third kappa shape index (κ3) is 4.64. The van der Waals surface area contributed by atoms with E-state index in [1.54, 1.807) is 0 Å². The highest BCUT2D eigenvalue weighted by Gasteiger charge is 2.07. The molecule has 0 bridgehead atoms. The number of nitrogens with one attached hydrogen (secondary N) is 2. The topological polar surface area (TPSA) is 66.9 Å². The molecule has 126 valence electrons. The summed E-state index contributed by atoms with van der Waals surface area (Å²) in [4.78, 5) is 20.6. The fourth-order valence-corrected chi connectivity index (χ4v) is 2.49. The lowest BCUT2D eigenvalue weighted by Crippen LogP contribution is -2.23. The molecular formula is C19H17BrN4O. The summed E-state index contributed by atoms with van der Waals surface area (Å²) in [6.45, 7) is 2.48. The maximum atomic E-state index is 12.2. The predicted molar refractivity (Wildman–Crippen MR) is 102 cm³/mol. The second-order valence-corrected chi connectivity index (χ2v) is 6.41. The van der Waals surface area contributed by atoms with Gasteiger partial charge in [-0.1, -0.05) is 46.3 Å². The first-order valence-corrected chi connectivity index (χ1v) is 8.58. The molecule has 0 unspecified atom stereocenters. The fourth-order valence-electron chi connectivity index (χ4n) is 2.24. The number of carbonyl (C=O) groups excluding carboxylic acids is 1. The molecule has 2 aromatic carbocycles. The fraction of sp³-hybridized carbons (Fsp3) is 0.105. The minimum Gasteiger partial charge on any atom is -0.348 e. The third-order valence-corrected chi connectivity index (χ3v) is 4.51. The molecule has 0 saturated heterocycles. The van der Waals surface area contributed by atoms with Crippen molar-refractivity contribution in [2.75, 3.05) is 5.32 Å². The van der Waals surface area contributed by atoms with E-state index < -0.39 is 0 Å². The van der Waals surface area contributed by atoms with E-state index in [1.165, 1.54) is 12.4 Å². The van der Waals surface area contributed by atoms with Crippen LogP contribution in [0.2, 0.25) is 0 Å². The van der Waals surface area contributed by atoms with Crippen LogP contribution in [0.3, 0.4) is 0 Å². The van der Waals surface area contributed by atoms with Gasteiger partial charge in [-0.25, -0.2) is 9.97 Å². The molecule has 3 rings (SSSR count). The zero-order chi connectivity index (χ0) is 17.6. The Balaban J connectivity index is 1.61. The number of anilines is 2. The lowest BCUT2D eigenvalue weighted by Gasteiger charge is -2.08. The van der Waals surface area contributed by atoms with E-state index in [9.17, 15) is 4.79 Å². The van der Waals surface area contributed by atoms with Crippen LogP contribution in [0.15, 0.2) is 65.4 Å². The summed E-state index contributed by atoms with van der Waals surface area (Å²) in [6, 6.07) is 15.6. The number of aryl methyl sites for hydroxylation is 1. The van der Waals surface area contributed by atoms with E-state index in [0.29, 0.717) is 18.1 Å². The van der Waals surface area contributed by atoms with Crippen molar-refractivity contribution in [1.82, 2.24) is 15.3 Å². The molecule has 1 aromatic heterocycles. The van der Waals surface area contributed by atoms with Crippen molar-refractivity contribution < 1.29 is 4.79 Å². The van der Waals surface area contributed by atoms with Crippen molar-refractivity contribution in [1.29, 1.82) is 0 Å². The summed E-state index contributed by atoms with van der Waals surface area (Å²) in [6.07, 6.45) is 3.03. The van der Waals surface area contributed by atoms with Crippen LogP contribution in [0.1, 0.15) is 21.5 Å². The lowest BCUT2D eigenvalue weighted by molar-refractivity contribution is 0.0950. The van der Waals surface area contributed by atoms with Gasteiger partial charge in [0, 0.05) is 29.1 Å². The molecule has 1 amide bonds. The second kappa shape index (κ2) is 7.90. The highest BCUT2D eigenvalue weighted by molar-refractivity contribution is 9.10. The van der Waals surface area contributed by atoms with Crippen LogP contribution >= 0.6 is 15.9 Å². The Kier molecular flexibility index (Phi) is 5.40. The highest BCUT2D eigenvalue weighted by Crippen LogP contribution is 2.21. The van der Waals surface area contributed by atoms with Gasteiger partial charge in [0.25, 0.3) is 5.91 Å². The molecule has 0 aliphatic rings. The molecule has 6 heteroatoms. The maximum Gasteiger partial charge on any atom is 0.254 e. The zero-order valence-corrected chi connectivity index (χ0v) is 15.2. The minimum atomic E-state index is -0.199. The molecule has 25 heavy (non-hydrogen) atoms. The molecule has 1 heterocycles. The Morgan fingerprint density at radius 2 is 1.80 bits per heavy atom. The minimum absolute atomic E-state index is 0.199. The van der Waals surface area contributed by atoms with Crippen molar-refractivity contribution in [2.45, 2.75) is 13.5 Å². The Labute approximate surface area is 154 Å². The standard InChI is InChI=1S/C19H17BrN4O/c1-13-9-16(7-8-17(13)20)24-19-22-11-15(12-23-19)18(25)21-10-14-5-3-2-4-6-14/h2-9,11-12H,10H2,1H3,(H,21,25)(H,22,23,24). The van der Waals surface area contributed by atoms with Gasteiger partial charge in [-0.15, -0.1) is 0 Å². The maximum absolute atomic E-state index is 12.2. The van der Waals surface area contributed by atoms with Crippen LogP contribution in [0.4, 0.5) is 11.6 Å². The molecule has 0 fully saturated rings. The summed E-state index contributed by atoms with van der Waals surface area (Å²) in [5, 5.41) is 5.97. The molecule has 0 atom stereocenters. The lowest BCUT2D eigenvalue weighted by atomic mass is 10.2. The average molecular weight is 397 g/mol. The number of aromatic nitrogens is 2. The SMILES string of the molecule is Cc1cc(Nc2ncc(C(=O)NCc3ccccc3)cn2)ccc1Br. The smallest absolute Gasteiger partial charge is 0.254 e. The van der Waals surface area contributed by atoms with Crippen LogP contribution in [-0.4, -0.2) is 15.9 Å². The van der Waals surface area contributed by atoms with E-state index in [1.807, 2.05) is 55.5 Å². The Hall–Kier alpha value is -2.73. The second-order valence-electron chi connectivity index (χ2n) is 5.55. The van der Waals surface area contributed by atoms with Crippen molar-refractivity contribution in [3.05, 3.63) is 82.1 Å². The number of carbonyl (C=O) groups is 1. The van der Waals surface area contributed by atoms with E-state index >= 15 is 0 Å². The summed E-state index contributed by atoms with van der Waals surface area (Å²) >= 11 is 3.47. The van der Waals surface area contributed by atoms with E-state index in [4.69, 9.17) is 0 Å². The van der Waals surface area contributed by atoms with Gasteiger partial charge in [0.15, 0.2) is 0 Å². The number of nitrogens with zero attached hydrogens (tertiary/aromatic N) is 2. The number of amides is 1. The number of hydrogen-bond donors (Lipinski definition) is 2. The Morgan fingerprint density at radius 3 is 2.48 bits per heavy atom. The van der Waals surface area contributed by atoms with Crippen molar-refractivity contribution in [3.63, 3.8) is 0 Å². The highest BCUT2D eigenvalue weighted by atomic mass is 79.9. The normalized spacial score (nSPS) is 10.3. The number of hydrogen-bond acceptors (Lipinski definition) is 4. The monoisotopic (exact) mass is 396 g/mol. The number of rotatable bonds is 5. The summed E-state index contributed by atoms with van der Waals surface area (Å²) in [7, 11) is 0. The van der Waals surface area contributed by atoms with Crippen LogP contribution in [0.25, 0.3) is 0 Å². The summed E-state index contributed by atoms with van der Waals surface area (Å²) < 4.78 is 1.05. The summed E-state index contributed by atoms with van der Waals surface area (Å²) in [5.41, 5.74) is 3.47. The zero-order valence-electron chi connectivity index (χ0n) is 13.7. The molecule has 2 N–H and O–H groups in total. The van der Waals surface area contributed by atoms with E-state index in [-0.39, 0.29) is 5.91 Å². The first-order valence-electron chi connectivity index (χ1n) is 7.79. The average Bonchev–Trinajstić information content (AvgIpc) is 2.64. The van der Waals surface area contributed by atoms with Crippen molar-refractivity contribution >= 4 is 33.5 Å². The van der Waals surface area contributed by atoms with Gasteiger partial charge < -0.3 is 10.6 Å². The number of halogens is 1. The Bertz CT molecular complexity index is 866. The van der Waals surface area contributed by atoms with Gasteiger partial charge in [-0.05, 0) is 36.2 Å². The molecule has 0 aliphatic carbocycles. The van der Waals surface area contributed by atoms with Crippen molar-refractivity contribution in [2.24, 2.45) is 0 Å². The van der Waals surface area contributed by atoms with Crippen LogP contribution < -0.4 is 10.6 Å². The largest absolute Gasteiger partial charge is 0.348 e. The molecule has 0 radical (unpaired) electrons. The van der Waals surface area contributed by atoms with Gasteiger partial charge in [0.2, 0.25) is 5.95 Å².